The number of fused-ring (bicyclic) bond motifs is 3. The number of carbonyl (C=O) groups excluding carboxylic acids is 1. The van der Waals surface area contributed by atoms with Gasteiger partial charge in [0, 0.05) is 30.1 Å². The average Bonchev–Trinajstić information content (AvgIpc) is 3.24. The molecule has 33 heavy (non-hydrogen) atoms. The molecule has 0 saturated carbocycles. The van der Waals surface area contributed by atoms with Gasteiger partial charge in [0.15, 0.2) is 0 Å². The van der Waals surface area contributed by atoms with E-state index in [-0.39, 0.29) is 17.4 Å². The number of benzene rings is 2. The molecule has 0 fully saturated rings. The molecule has 1 aliphatic rings. The Morgan fingerprint density at radius 3 is 2.58 bits per heavy atom. The summed E-state index contributed by atoms with van der Waals surface area (Å²) in [6, 6.07) is 17.6. The average molecular weight is 441 g/mol. The van der Waals surface area contributed by atoms with Crippen molar-refractivity contribution in [2.75, 3.05) is 6.54 Å². The number of hydrogen-bond acceptors (Lipinski definition) is 3. The number of carbonyl (C=O) groups is 1. The third-order valence-electron chi connectivity index (χ3n) is 6.54. The Morgan fingerprint density at radius 2 is 1.79 bits per heavy atom. The predicted molar refractivity (Wildman–Crippen MR) is 129 cm³/mol. The first-order chi connectivity index (χ1) is 16.1. The van der Waals surface area contributed by atoms with Crippen LogP contribution in [0.5, 0.6) is 0 Å². The van der Waals surface area contributed by atoms with Gasteiger partial charge in [0.25, 0.3) is 11.5 Å². The Kier molecular flexibility index (Phi) is 5.82. The van der Waals surface area contributed by atoms with Crippen molar-refractivity contribution < 1.29 is 4.79 Å². The molecule has 1 atom stereocenters. The Morgan fingerprint density at radius 1 is 1.03 bits per heavy atom. The number of aromatic nitrogens is 3. The first-order valence-corrected chi connectivity index (χ1v) is 11.6. The Labute approximate surface area is 192 Å². The molecular formula is C27H28N4O2. The summed E-state index contributed by atoms with van der Waals surface area (Å²) in [5, 5.41) is 7.62. The van der Waals surface area contributed by atoms with Crippen LogP contribution in [0.1, 0.15) is 58.4 Å². The fraction of sp³-hybridized carbons (Fsp3) is 0.296. The maximum atomic E-state index is 13.1. The minimum absolute atomic E-state index is 0.00938. The third-order valence-corrected chi connectivity index (χ3v) is 6.54. The van der Waals surface area contributed by atoms with Crippen LogP contribution < -0.4 is 10.9 Å². The van der Waals surface area contributed by atoms with Gasteiger partial charge in [-0.15, -0.1) is 0 Å². The number of nitrogens with zero attached hydrogens (tertiary/aromatic N) is 3. The van der Waals surface area contributed by atoms with Gasteiger partial charge in [0.1, 0.15) is 5.52 Å². The van der Waals surface area contributed by atoms with Crippen LogP contribution >= 0.6 is 0 Å². The van der Waals surface area contributed by atoms with Crippen LogP contribution in [-0.2, 0) is 19.4 Å². The van der Waals surface area contributed by atoms with Gasteiger partial charge < -0.3 is 9.88 Å². The molecule has 6 heteroatoms. The second-order valence-electron chi connectivity index (χ2n) is 8.88. The fourth-order valence-corrected chi connectivity index (χ4v) is 4.59. The summed E-state index contributed by atoms with van der Waals surface area (Å²) in [6.45, 7) is 3.14. The van der Waals surface area contributed by atoms with Crippen molar-refractivity contribution in [2.24, 2.45) is 0 Å². The molecule has 0 unspecified atom stereocenters. The van der Waals surface area contributed by atoms with Gasteiger partial charge >= 0.3 is 0 Å². The van der Waals surface area contributed by atoms with Crippen LogP contribution in [0.15, 0.2) is 71.8 Å². The van der Waals surface area contributed by atoms with Crippen LogP contribution in [0.3, 0.4) is 0 Å². The maximum absolute atomic E-state index is 13.1. The van der Waals surface area contributed by atoms with Crippen LogP contribution in [0.2, 0.25) is 0 Å². The lowest BCUT2D eigenvalue weighted by Crippen LogP contribution is -2.27. The first kappa shape index (κ1) is 21.2. The summed E-state index contributed by atoms with van der Waals surface area (Å²) < 4.78 is 3.46. The van der Waals surface area contributed by atoms with Crippen molar-refractivity contribution in [2.45, 2.75) is 45.1 Å². The molecule has 1 aliphatic carbocycles. The summed E-state index contributed by atoms with van der Waals surface area (Å²) in [4.78, 5) is 25.7. The van der Waals surface area contributed by atoms with Crippen LogP contribution in [-0.4, -0.2) is 26.6 Å². The van der Waals surface area contributed by atoms with Gasteiger partial charge in [-0.25, -0.2) is 4.52 Å². The largest absolute Gasteiger partial charge is 0.351 e. The SMILES string of the molecule is C[C@@H](CNC(=O)c1ccc(Cn2ccn3nc4c(c3c2=O)CCCC4)cc1)c1ccccc1. The smallest absolute Gasteiger partial charge is 0.277 e. The maximum Gasteiger partial charge on any atom is 0.277 e. The van der Waals surface area contributed by atoms with Crippen molar-refractivity contribution in [3.05, 3.63) is 105 Å². The highest BCUT2D eigenvalue weighted by molar-refractivity contribution is 5.94. The quantitative estimate of drug-likeness (QED) is 0.494. The molecule has 1 amide bonds. The lowest BCUT2D eigenvalue weighted by molar-refractivity contribution is 0.0951. The molecule has 2 aromatic heterocycles. The molecule has 6 nitrogen and oxygen atoms in total. The summed E-state index contributed by atoms with van der Waals surface area (Å²) in [6.07, 6.45) is 7.77. The van der Waals surface area contributed by atoms with Gasteiger partial charge in [-0.3, -0.25) is 9.59 Å². The summed E-state index contributed by atoms with van der Waals surface area (Å²) in [5.74, 6) is 0.152. The number of hydrogen-bond donors (Lipinski definition) is 1. The molecule has 0 spiro atoms. The zero-order chi connectivity index (χ0) is 22.8. The van der Waals surface area contributed by atoms with E-state index < -0.39 is 0 Å². The van der Waals surface area contributed by atoms with E-state index in [1.165, 1.54) is 5.56 Å². The fourth-order valence-electron chi connectivity index (χ4n) is 4.59. The standard InChI is InChI=1S/C27H28N4O2/c1-19(21-7-3-2-4-8-21)17-28-26(32)22-13-11-20(12-14-22)18-30-15-16-31-25(27(30)33)23-9-5-6-10-24(23)29-31/h2-4,7-8,11-16,19H,5-6,9-10,17-18H2,1H3,(H,28,32)/t19-/m0/s1. The lowest BCUT2D eigenvalue weighted by atomic mass is 9.97. The van der Waals surface area contributed by atoms with E-state index in [4.69, 9.17) is 0 Å². The summed E-state index contributed by atoms with van der Waals surface area (Å²) in [7, 11) is 0. The minimum atomic E-state index is -0.0891. The number of nitrogens with one attached hydrogen (secondary N) is 1. The third kappa shape index (κ3) is 4.33. The van der Waals surface area contributed by atoms with E-state index in [0.29, 0.717) is 24.2 Å². The Hall–Kier alpha value is -3.67. The first-order valence-electron chi connectivity index (χ1n) is 11.6. The topological polar surface area (TPSA) is 68.4 Å². The second-order valence-corrected chi connectivity index (χ2v) is 8.88. The van der Waals surface area contributed by atoms with Crippen LogP contribution in [0, 0.1) is 0 Å². The normalized spacial score (nSPS) is 14.1. The highest BCUT2D eigenvalue weighted by atomic mass is 16.1. The zero-order valence-electron chi connectivity index (χ0n) is 18.8. The van der Waals surface area contributed by atoms with Gasteiger partial charge in [0.05, 0.1) is 12.2 Å². The lowest BCUT2D eigenvalue weighted by Gasteiger charge is -2.13. The van der Waals surface area contributed by atoms with Gasteiger partial charge in [-0.05, 0) is 54.9 Å². The van der Waals surface area contributed by atoms with Crippen molar-refractivity contribution in [3.8, 4) is 0 Å². The van der Waals surface area contributed by atoms with Gasteiger partial charge in [0.2, 0.25) is 0 Å². The molecule has 0 saturated heterocycles. The highest BCUT2D eigenvalue weighted by Crippen LogP contribution is 2.22. The van der Waals surface area contributed by atoms with E-state index in [1.54, 1.807) is 15.3 Å². The molecule has 168 valence electrons. The van der Waals surface area contributed by atoms with E-state index in [0.717, 1.165) is 42.5 Å². The summed E-state index contributed by atoms with van der Waals surface area (Å²) >= 11 is 0. The summed E-state index contributed by atoms with van der Waals surface area (Å²) in [5.41, 5.74) is 5.66. The van der Waals surface area contributed by atoms with Crippen molar-refractivity contribution in [3.63, 3.8) is 0 Å². The predicted octanol–water partition coefficient (Wildman–Crippen LogP) is 3.96. The van der Waals surface area contributed by atoms with E-state index in [2.05, 4.69) is 29.5 Å². The number of aryl methyl sites for hydroxylation is 2. The molecule has 1 N–H and O–H groups in total. The molecule has 0 aliphatic heterocycles. The molecule has 4 aromatic rings. The molecular weight excluding hydrogens is 412 g/mol. The molecule has 0 bridgehead atoms. The second kappa shape index (κ2) is 9.06. The zero-order valence-corrected chi connectivity index (χ0v) is 18.8. The van der Waals surface area contributed by atoms with Crippen LogP contribution in [0.25, 0.3) is 5.52 Å². The number of rotatable bonds is 6. The highest BCUT2D eigenvalue weighted by Gasteiger charge is 2.19. The Bertz CT molecular complexity index is 1340. The van der Waals surface area contributed by atoms with Crippen molar-refractivity contribution >= 4 is 11.4 Å². The molecule has 5 rings (SSSR count). The van der Waals surface area contributed by atoms with E-state index in [9.17, 15) is 9.59 Å². The van der Waals surface area contributed by atoms with Gasteiger partial charge in [-0.2, -0.15) is 5.10 Å². The van der Waals surface area contributed by atoms with Crippen molar-refractivity contribution in [1.29, 1.82) is 0 Å². The molecule has 2 aromatic carbocycles. The molecule has 0 radical (unpaired) electrons. The monoisotopic (exact) mass is 440 g/mol. The Balaban J connectivity index is 1.27. The van der Waals surface area contributed by atoms with Gasteiger partial charge in [-0.1, -0.05) is 49.4 Å². The van der Waals surface area contributed by atoms with E-state index >= 15 is 0 Å². The van der Waals surface area contributed by atoms with E-state index in [1.807, 2.05) is 48.7 Å². The van der Waals surface area contributed by atoms with Crippen molar-refractivity contribution in [1.82, 2.24) is 19.5 Å². The van der Waals surface area contributed by atoms with Crippen LogP contribution in [0.4, 0.5) is 0 Å². The molecule has 2 heterocycles. The minimum Gasteiger partial charge on any atom is -0.351 e. The number of amides is 1.